The van der Waals surface area contributed by atoms with E-state index in [0.29, 0.717) is 12.1 Å². The highest BCUT2D eigenvalue weighted by atomic mass is 16.5. The van der Waals surface area contributed by atoms with Gasteiger partial charge in [0, 0.05) is 25.7 Å². The molecule has 1 N–H and O–H groups in total. The van der Waals surface area contributed by atoms with E-state index in [1.807, 2.05) is 0 Å². The predicted molar refractivity (Wildman–Crippen MR) is 82.7 cm³/mol. The molecule has 3 nitrogen and oxygen atoms in total. The van der Waals surface area contributed by atoms with Crippen LogP contribution in [-0.2, 0) is 4.74 Å². The number of hydrogen-bond donors (Lipinski definition) is 1. The molecule has 1 saturated heterocycles. The van der Waals surface area contributed by atoms with Gasteiger partial charge in [0.05, 0.1) is 6.10 Å². The Balaban J connectivity index is 2.14. The minimum absolute atomic E-state index is 0.444. The summed E-state index contributed by atoms with van der Waals surface area (Å²) in [7, 11) is 0. The fraction of sp³-hybridized carbons (Fsp3) is 1.00. The van der Waals surface area contributed by atoms with Gasteiger partial charge in [0.15, 0.2) is 0 Å². The maximum absolute atomic E-state index is 5.73. The molecular weight excluding hydrogens is 236 g/mol. The van der Waals surface area contributed by atoms with Crippen LogP contribution in [0.2, 0.25) is 0 Å². The van der Waals surface area contributed by atoms with Crippen molar-refractivity contribution in [3.63, 3.8) is 0 Å². The maximum Gasteiger partial charge on any atom is 0.0726 e. The van der Waals surface area contributed by atoms with Crippen molar-refractivity contribution in [2.45, 2.75) is 71.4 Å². The van der Waals surface area contributed by atoms with E-state index in [-0.39, 0.29) is 0 Å². The van der Waals surface area contributed by atoms with Crippen LogP contribution in [0.1, 0.15) is 59.3 Å². The van der Waals surface area contributed by atoms with Gasteiger partial charge in [0.25, 0.3) is 0 Å². The van der Waals surface area contributed by atoms with Crippen LogP contribution in [0.3, 0.4) is 0 Å². The molecule has 2 unspecified atom stereocenters. The molecule has 114 valence electrons. The fourth-order valence-electron chi connectivity index (χ4n) is 2.68. The highest BCUT2D eigenvalue weighted by Gasteiger charge is 2.21. The zero-order chi connectivity index (χ0) is 13.9. The van der Waals surface area contributed by atoms with E-state index in [9.17, 15) is 0 Å². The van der Waals surface area contributed by atoms with E-state index in [1.165, 1.54) is 58.2 Å². The SMILES string of the molecule is CCCCN(CCCC)CCNC(C)C1CCCO1. The van der Waals surface area contributed by atoms with Crippen LogP contribution < -0.4 is 5.32 Å². The molecular formula is C16H34N2O. The third kappa shape index (κ3) is 7.28. The number of nitrogens with one attached hydrogen (secondary N) is 1. The van der Waals surface area contributed by atoms with Crippen LogP contribution in [0.25, 0.3) is 0 Å². The van der Waals surface area contributed by atoms with E-state index in [2.05, 4.69) is 31.0 Å². The molecule has 1 fully saturated rings. The number of rotatable bonds is 11. The van der Waals surface area contributed by atoms with E-state index in [1.54, 1.807) is 0 Å². The molecule has 0 radical (unpaired) electrons. The minimum atomic E-state index is 0.444. The van der Waals surface area contributed by atoms with E-state index < -0.39 is 0 Å². The van der Waals surface area contributed by atoms with Gasteiger partial charge in [-0.15, -0.1) is 0 Å². The molecule has 2 atom stereocenters. The predicted octanol–water partition coefficient (Wildman–Crippen LogP) is 3.05. The van der Waals surface area contributed by atoms with E-state index >= 15 is 0 Å². The van der Waals surface area contributed by atoms with Crippen molar-refractivity contribution in [2.75, 3.05) is 32.8 Å². The molecule has 0 amide bonds. The van der Waals surface area contributed by atoms with E-state index in [0.717, 1.165) is 13.2 Å². The zero-order valence-corrected chi connectivity index (χ0v) is 13.3. The summed E-state index contributed by atoms with van der Waals surface area (Å²) in [5.74, 6) is 0. The van der Waals surface area contributed by atoms with Crippen molar-refractivity contribution < 1.29 is 4.74 Å². The first-order valence-electron chi connectivity index (χ1n) is 8.35. The van der Waals surface area contributed by atoms with Crippen LogP contribution in [0.4, 0.5) is 0 Å². The van der Waals surface area contributed by atoms with Crippen molar-refractivity contribution >= 4 is 0 Å². The Labute approximate surface area is 120 Å². The van der Waals surface area contributed by atoms with Crippen molar-refractivity contribution in [3.05, 3.63) is 0 Å². The standard InChI is InChI=1S/C16H34N2O/c1-4-6-11-18(12-7-5-2)13-10-17-15(3)16-9-8-14-19-16/h15-17H,4-14H2,1-3H3. The number of hydrogen-bond acceptors (Lipinski definition) is 3. The van der Waals surface area contributed by atoms with E-state index in [4.69, 9.17) is 4.74 Å². The number of nitrogens with zero attached hydrogens (tertiary/aromatic N) is 1. The first-order valence-corrected chi connectivity index (χ1v) is 8.35. The average Bonchev–Trinajstić information content (AvgIpc) is 2.95. The molecule has 0 bridgehead atoms. The van der Waals surface area contributed by atoms with Crippen molar-refractivity contribution in [3.8, 4) is 0 Å². The second-order valence-electron chi connectivity index (χ2n) is 5.84. The molecule has 0 aliphatic carbocycles. The number of ether oxygens (including phenoxy) is 1. The van der Waals surface area contributed by atoms with Gasteiger partial charge in [-0.05, 0) is 45.7 Å². The molecule has 1 aliphatic rings. The molecule has 0 spiro atoms. The summed E-state index contributed by atoms with van der Waals surface area (Å²) in [5, 5.41) is 3.64. The smallest absolute Gasteiger partial charge is 0.0726 e. The maximum atomic E-state index is 5.73. The van der Waals surface area contributed by atoms with Gasteiger partial charge in [-0.25, -0.2) is 0 Å². The van der Waals surface area contributed by atoms with Gasteiger partial charge >= 0.3 is 0 Å². The summed E-state index contributed by atoms with van der Waals surface area (Å²) in [5.41, 5.74) is 0. The lowest BCUT2D eigenvalue weighted by molar-refractivity contribution is 0.0826. The van der Waals surface area contributed by atoms with Gasteiger partial charge in [-0.3, -0.25) is 0 Å². The van der Waals surface area contributed by atoms with Crippen molar-refractivity contribution in [2.24, 2.45) is 0 Å². The van der Waals surface area contributed by atoms with Crippen LogP contribution >= 0.6 is 0 Å². The largest absolute Gasteiger partial charge is 0.377 e. The summed E-state index contributed by atoms with van der Waals surface area (Å²) in [4.78, 5) is 2.61. The Bertz CT molecular complexity index is 197. The molecule has 1 rings (SSSR count). The highest BCUT2D eigenvalue weighted by Crippen LogP contribution is 2.15. The van der Waals surface area contributed by atoms with Crippen molar-refractivity contribution in [1.29, 1.82) is 0 Å². The molecule has 1 heterocycles. The summed E-state index contributed by atoms with van der Waals surface area (Å²) in [6, 6.07) is 0.502. The Morgan fingerprint density at radius 1 is 1.16 bits per heavy atom. The average molecular weight is 270 g/mol. The lowest BCUT2D eigenvalue weighted by Crippen LogP contribution is -2.41. The van der Waals surface area contributed by atoms with Gasteiger partial charge < -0.3 is 15.0 Å². The van der Waals surface area contributed by atoms with Crippen molar-refractivity contribution in [1.82, 2.24) is 10.2 Å². The molecule has 0 aromatic carbocycles. The van der Waals surface area contributed by atoms with Crippen LogP contribution in [0, 0.1) is 0 Å². The molecule has 0 saturated carbocycles. The van der Waals surface area contributed by atoms with Gasteiger partial charge in [0.2, 0.25) is 0 Å². The Kier molecular flexibility index (Phi) is 9.48. The summed E-state index contributed by atoms with van der Waals surface area (Å²) >= 11 is 0. The first kappa shape index (κ1) is 16.9. The molecule has 3 heteroatoms. The summed E-state index contributed by atoms with van der Waals surface area (Å²) in [6.07, 6.45) is 8.14. The quantitative estimate of drug-likeness (QED) is 0.624. The molecule has 1 aliphatic heterocycles. The lowest BCUT2D eigenvalue weighted by Gasteiger charge is -2.25. The van der Waals surface area contributed by atoms with Crippen LogP contribution in [0.5, 0.6) is 0 Å². The lowest BCUT2D eigenvalue weighted by atomic mass is 10.1. The Morgan fingerprint density at radius 2 is 1.84 bits per heavy atom. The van der Waals surface area contributed by atoms with Crippen LogP contribution in [-0.4, -0.2) is 49.8 Å². The zero-order valence-electron chi connectivity index (χ0n) is 13.3. The molecule has 0 aromatic heterocycles. The molecule has 0 aromatic rings. The van der Waals surface area contributed by atoms with Crippen LogP contribution in [0.15, 0.2) is 0 Å². The summed E-state index contributed by atoms with van der Waals surface area (Å²) < 4.78 is 5.73. The topological polar surface area (TPSA) is 24.5 Å². The minimum Gasteiger partial charge on any atom is -0.377 e. The normalized spacial score (nSPS) is 21.2. The molecule has 19 heavy (non-hydrogen) atoms. The third-order valence-corrected chi connectivity index (χ3v) is 4.07. The Hall–Kier alpha value is -0.120. The second-order valence-corrected chi connectivity index (χ2v) is 5.84. The summed E-state index contributed by atoms with van der Waals surface area (Å²) in [6.45, 7) is 12.5. The monoisotopic (exact) mass is 270 g/mol. The highest BCUT2D eigenvalue weighted by molar-refractivity contribution is 4.77. The van der Waals surface area contributed by atoms with Gasteiger partial charge in [-0.1, -0.05) is 26.7 Å². The van der Waals surface area contributed by atoms with Gasteiger partial charge in [0.1, 0.15) is 0 Å². The second kappa shape index (κ2) is 10.6. The Morgan fingerprint density at radius 3 is 2.37 bits per heavy atom. The van der Waals surface area contributed by atoms with Gasteiger partial charge in [-0.2, -0.15) is 0 Å². The number of unbranched alkanes of at least 4 members (excludes halogenated alkanes) is 2. The third-order valence-electron chi connectivity index (χ3n) is 4.07. The fourth-order valence-corrected chi connectivity index (χ4v) is 2.68. The first-order chi connectivity index (χ1) is 9.27.